The van der Waals surface area contributed by atoms with Gasteiger partial charge in [0.2, 0.25) is 10.0 Å². The summed E-state index contributed by atoms with van der Waals surface area (Å²) in [6.07, 6.45) is 0.421. The number of carbonyl (C=O) groups is 1. The molecule has 0 saturated heterocycles. The number of benzene rings is 2. The van der Waals surface area contributed by atoms with Gasteiger partial charge in [-0.2, -0.15) is 4.31 Å². The maximum absolute atomic E-state index is 13.2. The Kier molecular flexibility index (Phi) is 7.27. The maximum atomic E-state index is 13.2. The molecule has 0 fully saturated rings. The normalized spacial score (nSPS) is 12.4. The molecule has 0 aliphatic carbocycles. The van der Waals surface area contributed by atoms with E-state index in [1.165, 1.54) is 55.6 Å². The number of likely N-dealkylation sites (N-methyl/N-ethyl adjacent to an activating group) is 1. The van der Waals surface area contributed by atoms with E-state index in [1.54, 1.807) is 6.07 Å². The predicted molar refractivity (Wildman–Crippen MR) is 105 cm³/mol. The van der Waals surface area contributed by atoms with E-state index >= 15 is 0 Å². The number of nitrogens with zero attached hydrogens (tertiary/aromatic N) is 1. The third kappa shape index (κ3) is 5.62. The van der Waals surface area contributed by atoms with Gasteiger partial charge in [0.25, 0.3) is 0 Å². The van der Waals surface area contributed by atoms with E-state index in [0.717, 1.165) is 4.31 Å². The molecule has 0 spiro atoms. The summed E-state index contributed by atoms with van der Waals surface area (Å²) in [4.78, 5) is 12.0. The molecule has 9 heteroatoms. The average molecular weight is 407 g/mol. The number of aliphatic hydroxyl groups is 1. The number of anilines is 1. The third-order valence-corrected chi connectivity index (χ3v) is 5.73. The summed E-state index contributed by atoms with van der Waals surface area (Å²) in [5, 5.41) is 15.0. The van der Waals surface area contributed by atoms with Crippen LogP contribution in [0.4, 0.5) is 14.9 Å². The quantitative estimate of drug-likeness (QED) is 0.586. The zero-order chi connectivity index (χ0) is 20.7. The van der Waals surface area contributed by atoms with Gasteiger partial charge in [-0.1, -0.05) is 18.2 Å². The molecule has 0 heterocycles. The van der Waals surface area contributed by atoms with Crippen LogP contribution in [0.1, 0.15) is 11.7 Å². The van der Waals surface area contributed by atoms with Crippen molar-refractivity contribution in [1.82, 2.24) is 9.62 Å². The van der Waals surface area contributed by atoms with Gasteiger partial charge in [-0.25, -0.2) is 17.6 Å². The Labute approximate surface area is 163 Å². The van der Waals surface area contributed by atoms with Gasteiger partial charge < -0.3 is 15.7 Å². The lowest BCUT2D eigenvalue weighted by atomic mass is 10.1. The molecule has 1 unspecified atom stereocenters. The Morgan fingerprint density at radius 3 is 2.57 bits per heavy atom. The molecule has 7 nitrogen and oxygen atoms in total. The van der Waals surface area contributed by atoms with Gasteiger partial charge in [0, 0.05) is 25.8 Å². The van der Waals surface area contributed by atoms with Gasteiger partial charge in [0.15, 0.2) is 0 Å². The number of amides is 2. The fourth-order valence-corrected chi connectivity index (χ4v) is 3.51. The van der Waals surface area contributed by atoms with E-state index in [-0.39, 0.29) is 18.0 Å². The van der Waals surface area contributed by atoms with Crippen LogP contribution in [0.2, 0.25) is 0 Å². The van der Waals surface area contributed by atoms with E-state index in [1.807, 2.05) is 0 Å². The lowest BCUT2D eigenvalue weighted by Gasteiger charge is -2.16. The van der Waals surface area contributed by atoms with E-state index in [4.69, 9.17) is 0 Å². The van der Waals surface area contributed by atoms with Crippen molar-refractivity contribution in [1.29, 1.82) is 0 Å². The lowest BCUT2D eigenvalue weighted by Crippen LogP contribution is -2.32. The molecule has 2 rings (SSSR count). The van der Waals surface area contributed by atoms with Gasteiger partial charge in [0.1, 0.15) is 5.82 Å². The first-order valence-electron chi connectivity index (χ1n) is 8.39. The van der Waals surface area contributed by atoms with Crippen LogP contribution in [0.15, 0.2) is 66.1 Å². The van der Waals surface area contributed by atoms with Crippen LogP contribution in [0.3, 0.4) is 0 Å². The van der Waals surface area contributed by atoms with Crippen molar-refractivity contribution in [2.75, 3.05) is 25.5 Å². The Bertz CT molecular complexity index is 932. The van der Waals surface area contributed by atoms with Crippen LogP contribution in [-0.4, -0.2) is 44.0 Å². The summed E-state index contributed by atoms with van der Waals surface area (Å²) in [7, 11) is -2.19. The van der Waals surface area contributed by atoms with Gasteiger partial charge in [0.05, 0.1) is 11.0 Å². The highest BCUT2D eigenvalue weighted by Gasteiger charge is 2.19. The number of urea groups is 1. The zero-order valence-corrected chi connectivity index (χ0v) is 16.1. The van der Waals surface area contributed by atoms with E-state index < -0.39 is 28.0 Å². The van der Waals surface area contributed by atoms with Crippen molar-refractivity contribution in [3.05, 3.63) is 72.6 Å². The van der Waals surface area contributed by atoms with Crippen LogP contribution in [-0.2, 0) is 10.0 Å². The molecule has 0 aliphatic heterocycles. The molecule has 3 N–H and O–H groups in total. The van der Waals surface area contributed by atoms with Crippen LogP contribution in [0.5, 0.6) is 0 Å². The SMILES string of the molecule is C=CCN(C)S(=O)(=O)c1ccc(NC(=O)NCC(O)c2cccc(F)c2)cc1. The second kappa shape index (κ2) is 9.45. The van der Waals surface area contributed by atoms with Gasteiger partial charge >= 0.3 is 6.03 Å². The Hall–Kier alpha value is -2.75. The van der Waals surface area contributed by atoms with Crippen LogP contribution >= 0.6 is 0 Å². The summed E-state index contributed by atoms with van der Waals surface area (Å²) in [5.41, 5.74) is 0.724. The Balaban J connectivity index is 1.93. The number of sulfonamides is 1. The summed E-state index contributed by atoms with van der Waals surface area (Å²) in [6, 6.07) is 10.6. The minimum Gasteiger partial charge on any atom is -0.387 e. The molecule has 28 heavy (non-hydrogen) atoms. The van der Waals surface area contributed by atoms with Crippen molar-refractivity contribution in [3.63, 3.8) is 0 Å². The molecule has 0 bridgehead atoms. The first-order valence-corrected chi connectivity index (χ1v) is 9.83. The minimum atomic E-state index is -3.63. The Morgan fingerprint density at radius 2 is 1.96 bits per heavy atom. The highest BCUT2D eigenvalue weighted by atomic mass is 32.2. The van der Waals surface area contributed by atoms with Gasteiger partial charge in [-0.05, 0) is 42.0 Å². The van der Waals surface area contributed by atoms with Crippen molar-refractivity contribution >= 4 is 21.7 Å². The largest absolute Gasteiger partial charge is 0.387 e. The van der Waals surface area contributed by atoms with E-state index in [0.29, 0.717) is 11.3 Å². The molecule has 0 radical (unpaired) electrons. The summed E-state index contributed by atoms with van der Waals surface area (Å²) in [5.74, 6) is -0.477. The summed E-state index contributed by atoms with van der Waals surface area (Å²) < 4.78 is 38.9. The monoisotopic (exact) mass is 407 g/mol. The molecule has 2 aromatic rings. The summed E-state index contributed by atoms with van der Waals surface area (Å²) >= 11 is 0. The summed E-state index contributed by atoms with van der Waals surface area (Å²) in [6.45, 7) is 3.57. The zero-order valence-electron chi connectivity index (χ0n) is 15.3. The fourth-order valence-electron chi connectivity index (χ4n) is 2.37. The molecule has 0 saturated carbocycles. The minimum absolute atomic E-state index is 0.0873. The molecule has 2 aromatic carbocycles. The molecule has 0 aliphatic rings. The van der Waals surface area contributed by atoms with Crippen molar-refractivity contribution in [3.8, 4) is 0 Å². The standard InChI is InChI=1S/C19H22FN3O4S/c1-3-11-23(2)28(26,27)17-9-7-16(8-10-17)22-19(25)21-13-18(24)14-5-4-6-15(20)12-14/h3-10,12,18,24H,1,11,13H2,2H3,(H2,21,22,25). The number of halogens is 1. The number of hydrogen-bond donors (Lipinski definition) is 3. The second-order valence-corrected chi connectivity index (χ2v) is 8.05. The molecule has 1 atom stereocenters. The van der Waals surface area contributed by atoms with Crippen molar-refractivity contribution in [2.24, 2.45) is 0 Å². The molecular weight excluding hydrogens is 385 g/mol. The van der Waals surface area contributed by atoms with Crippen LogP contribution < -0.4 is 10.6 Å². The number of hydrogen-bond acceptors (Lipinski definition) is 4. The fraction of sp³-hybridized carbons (Fsp3) is 0.211. The number of aliphatic hydroxyl groups excluding tert-OH is 1. The highest BCUT2D eigenvalue weighted by Crippen LogP contribution is 2.18. The predicted octanol–water partition coefficient (Wildman–Crippen LogP) is 2.49. The molecule has 0 aromatic heterocycles. The molecular formula is C19H22FN3O4S. The Morgan fingerprint density at radius 1 is 1.29 bits per heavy atom. The average Bonchev–Trinajstić information content (AvgIpc) is 2.66. The topological polar surface area (TPSA) is 98.7 Å². The number of nitrogens with one attached hydrogen (secondary N) is 2. The number of rotatable bonds is 8. The molecule has 2 amide bonds. The smallest absolute Gasteiger partial charge is 0.319 e. The first-order chi connectivity index (χ1) is 13.2. The number of carbonyl (C=O) groups excluding carboxylic acids is 1. The molecule has 150 valence electrons. The highest BCUT2D eigenvalue weighted by molar-refractivity contribution is 7.89. The van der Waals surface area contributed by atoms with Crippen LogP contribution in [0.25, 0.3) is 0 Å². The maximum Gasteiger partial charge on any atom is 0.319 e. The van der Waals surface area contributed by atoms with Crippen molar-refractivity contribution in [2.45, 2.75) is 11.0 Å². The third-order valence-electron chi connectivity index (χ3n) is 3.90. The van der Waals surface area contributed by atoms with E-state index in [2.05, 4.69) is 17.2 Å². The van der Waals surface area contributed by atoms with Crippen molar-refractivity contribution < 1.29 is 22.7 Å². The van der Waals surface area contributed by atoms with Crippen LogP contribution in [0, 0.1) is 5.82 Å². The van der Waals surface area contributed by atoms with E-state index in [9.17, 15) is 22.7 Å². The first kappa shape index (κ1) is 21.5. The second-order valence-electron chi connectivity index (χ2n) is 6.00. The lowest BCUT2D eigenvalue weighted by molar-refractivity contribution is 0.174. The van der Waals surface area contributed by atoms with Gasteiger partial charge in [-0.15, -0.1) is 6.58 Å². The van der Waals surface area contributed by atoms with Gasteiger partial charge in [-0.3, -0.25) is 0 Å².